The first kappa shape index (κ1) is 20.1. The van der Waals surface area contributed by atoms with Crippen molar-refractivity contribution in [3.05, 3.63) is 72.1 Å². The molecule has 132 valence electrons. The van der Waals surface area contributed by atoms with Crippen LogP contribution in [0.5, 0.6) is 11.5 Å². The summed E-state index contributed by atoms with van der Waals surface area (Å²) in [5.74, 6) is 0.493. The van der Waals surface area contributed by atoms with Gasteiger partial charge in [-0.05, 0) is 38.1 Å². The van der Waals surface area contributed by atoms with E-state index in [-0.39, 0.29) is 11.5 Å². The summed E-state index contributed by atoms with van der Waals surface area (Å²) in [5.41, 5.74) is 3.20. The van der Waals surface area contributed by atoms with Crippen LogP contribution in [0, 0.1) is 13.8 Å². The van der Waals surface area contributed by atoms with Crippen molar-refractivity contribution in [3.63, 3.8) is 0 Å². The van der Waals surface area contributed by atoms with Crippen molar-refractivity contribution < 1.29 is 10.2 Å². The summed E-state index contributed by atoms with van der Waals surface area (Å²) in [5, 5.41) is 20.8. The van der Waals surface area contributed by atoms with E-state index >= 15 is 0 Å². The second-order valence-corrected chi connectivity index (χ2v) is 5.60. The molecule has 4 rings (SSSR count). The number of phenolic OH excluding ortho intramolecular Hbond substituents is 2. The molecular formula is C20H20ClGaN2O2. The molecule has 0 bridgehead atoms. The average molecular weight is 426 g/mol. The number of rotatable bonds is 0. The molecule has 0 fully saturated rings. The Kier molecular flexibility index (Phi) is 7.33. The fraction of sp³-hybridized carbons (Fsp3) is 0.100. The van der Waals surface area contributed by atoms with Crippen LogP contribution >= 0.6 is 9.64 Å². The molecule has 4 nitrogen and oxygen atoms in total. The third-order valence-electron chi connectivity index (χ3n) is 3.68. The molecule has 2 aromatic carbocycles. The van der Waals surface area contributed by atoms with E-state index in [0.717, 1.165) is 22.2 Å². The number of halogens is 1. The number of aromatic nitrogens is 2. The molecule has 0 radical (unpaired) electrons. The van der Waals surface area contributed by atoms with Crippen LogP contribution in [0.15, 0.2) is 60.7 Å². The van der Waals surface area contributed by atoms with Crippen LogP contribution < -0.4 is 0 Å². The molecule has 0 aliphatic rings. The molecule has 0 unspecified atom stereocenters. The van der Waals surface area contributed by atoms with Gasteiger partial charge in [0.25, 0.3) is 0 Å². The van der Waals surface area contributed by atoms with E-state index < -0.39 is 0 Å². The third kappa shape index (κ3) is 4.91. The van der Waals surface area contributed by atoms with Gasteiger partial charge in [-0.2, -0.15) is 0 Å². The van der Waals surface area contributed by atoms with Gasteiger partial charge in [0.1, 0.15) is 22.5 Å². The van der Waals surface area contributed by atoms with Gasteiger partial charge < -0.3 is 10.2 Å². The van der Waals surface area contributed by atoms with Crippen LogP contribution in [0.3, 0.4) is 0 Å². The van der Waals surface area contributed by atoms with Gasteiger partial charge in [-0.1, -0.05) is 36.4 Å². The summed E-state index contributed by atoms with van der Waals surface area (Å²) in [6, 6.07) is 18.6. The summed E-state index contributed by atoms with van der Waals surface area (Å²) in [6.07, 6.45) is 0. The first-order valence-corrected chi connectivity index (χ1v) is 13.5. The average Bonchev–Trinajstić information content (AvgIpc) is 2.65. The Morgan fingerprint density at radius 3 is 1.42 bits per heavy atom. The SMILES string of the molecule is Cc1ccc2cccc(O)c2n1.Cc1ccc2cccc(O)c2n1.[Cl][GaH2]. The van der Waals surface area contributed by atoms with Gasteiger partial charge in [-0.3, -0.25) is 0 Å². The minimum atomic E-state index is 0.246. The number of fused-ring (bicyclic) bond motifs is 2. The number of phenols is 2. The molecule has 0 aliphatic carbocycles. The Morgan fingerprint density at radius 1 is 0.654 bits per heavy atom. The number of aryl methyl sites for hydroxylation is 2. The second kappa shape index (κ2) is 9.47. The zero-order valence-corrected chi connectivity index (χ0v) is 19.9. The number of nitrogens with zero attached hydrogens (tertiary/aromatic N) is 2. The monoisotopic (exact) mass is 424 g/mol. The van der Waals surface area contributed by atoms with Crippen molar-refractivity contribution in [3.8, 4) is 11.5 Å². The normalized spacial score (nSPS) is 9.81. The fourth-order valence-corrected chi connectivity index (χ4v) is 2.46. The molecule has 0 atom stereocenters. The summed E-state index contributed by atoms with van der Waals surface area (Å²) >= 11 is 0.535. The zero-order valence-electron chi connectivity index (χ0n) is 14.9. The first-order valence-electron chi connectivity index (χ1n) is 8.03. The van der Waals surface area contributed by atoms with Crippen molar-refractivity contribution >= 4 is 49.0 Å². The molecule has 2 aromatic heterocycles. The predicted molar refractivity (Wildman–Crippen MR) is 111 cm³/mol. The Morgan fingerprint density at radius 2 is 1.04 bits per heavy atom. The van der Waals surface area contributed by atoms with Crippen LogP contribution in [-0.2, 0) is 0 Å². The summed E-state index contributed by atoms with van der Waals surface area (Å²) in [4.78, 5) is 8.45. The minimum absolute atomic E-state index is 0.246. The number of benzene rings is 2. The van der Waals surface area contributed by atoms with Gasteiger partial charge in [0.2, 0.25) is 0 Å². The van der Waals surface area contributed by atoms with E-state index in [0.29, 0.717) is 28.6 Å². The van der Waals surface area contributed by atoms with Crippen molar-refractivity contribution in [2.75, 3.05) is 0 Å². The van der Waals surface area contributed by atoms with Crippen molar-refractivity contribution in [1.82, 2.24) is 9.97 Å². The van der Waals surface area contributed by atoms with E-state index in [1.807, 2.05) is 62.4 Å². The fourth-order valence-electron chi connectivity index (χ4n) is 2.46. The molecular weight excluding hydrogens is 405 g/mol. The standard InChI is InChI=1S/2C10H9NO.ClH.Ga.2H/c2*1-7-5-6-8-3-2-4-9(12)10(8)11-7;;;;/h2*2-6,12H,1H3;1H;;;/q;;;+1;;/p-1. The first-order chi connectivity index (χ1) is 12.5. The Bertz CT molecular complexity index is 942. The van der Waals surface area contributed by atoms with E-state index in [1.54, 1.807) is 12.1 Å². The van der Waals surface area contributed by atoms with Gasteiger partial charge in [-0.25, -0.2) is 9.97 Å². The number of hydrogen-bond acceptors (Lipinski definition) is 4. The maximum absolute atomic E-state index is 9.43. The summed E-state index contributed by atoms with van der Waals surface area (Å²) in [7, 11) is 4.83. The van der Waals surface area contributed by atoms with E-state index in [4.69, 9.17) is 9.64 Å². The van der Waals surface area contributed by atoms with Crippen LogP contribution in [-0.4, -0.2) is 37.8 Å². The molecule has 4 aromatic rings. The molecule has 26 heavy (non-hydrogen) atoms. The van der Waals surface area contributed by atoms with Crippen molar-refractivity contribution in [2.24, 2.45) is 0 Å². The van der Waals surface area contributed by atoms with Crippen molar-refractivity contribution in [1.29, 1.82) is 0 Å². The number of pyridine rings is 2. The van der Waals surface area contributed by atoms with Crippen LogP contribution in [0.1, 0.15) is 11.4 Å². The molecule has 0 aliphatic heterocycles. The molecule has 0 saturated carbocycles. The Hall–Kier alpha value is -2.21. The third-order valence-corrected chi connectivity index (χ3v) is 3.68. The molecule has 6 heteroatoms. The molecule has 0 saturated heterocycles. The summed E-state index contributed by atoms with van der Waals surface area (Å²) in [6.45, 7) is 3.82. The topological polar surface area (TPSA) is 66.2 Å². The van der Waals surface area contributed by atoms with Gasteiger partial charge in [0.15, 0.2) is 0 Å². The van der Waals surface area contributed by atoms with E-state index in [1.165, 1.54) is 0 Å². The predicted octanol–water partition coefficient (Wildman–Crippen LogP) is 4.27. The number of para-hydroxylation sites is 2. The van der Waals surface area contributed by atoms with Crippen LogP contribution in [0.2, 0.25) is 0 Å². The summed E-state index contributed by atoms with van der Waals surface area (Å²) < 4.78 is 0. The van der Waals surface area contributed by atoms with Crippen LogP contribution in [0.25, 0.3) is 21.8 Å². The number of aromatic hydroxyl groups is 2. The molecule has 2 heterocycles. The quantitative estimate of drug-likeness (QED) is 0.413. The second-order valence-electron chi connectivity index (χ2n) is 5.60. The van der Waals surface area contributed by atoms with Crippen LogP contribution in [0.4, 0.5) is 0 Å². The molecule has 0 spiro atoms. The van der Waals surface area contributed by atoms with Gasteiger partial charge in [0.05, 0.1) is 0 Å². The molecule has 2 N–H and O–H groups in total. The van der Waals surface area contributed by atoms with Crippen molar-refractivity contribution in [2.45, 2.75) is 13.8 Å². The number of hydrogen-bond donors (Lipinski definition) is 2. The van der Waals surface area contributed by atoms with E-state index in [9.17, 15) is 10.2 Å². The van der Waals surface area contributed by atoms with E-state index in [2.05, 4.69) is 9.97 Å². The Balaban J connectivity index is 0.000000171. The maximum atomic E-state index is 9.43. The van der Waals surface area contributed by atoms with Gasteiger partial charge >= 0.3 is 27.2 Å². The van der Waals surface area contributed by atoms with Gasteiger partial charge in [0, 0.05) is 22.2 Å². The molecule has 0 amide bonds. The zero-order chi connectivity index (χ0) is 19.1. The van der Waals surface area contributed by atoms with Gasteiger partial charge in [-0.15, -0.1) is 0 Å². The Labute approximate surface area is 166 Å².